The van der Waals surface area contributed by atoms with E-state index in [9.17, 15) is 14.7 Å². The Morgan fingerprint density at radius 1 is 0.853 bits per heavy atom. The maximum absolute atomic E-state index is 13.7. The lowest BCUT2D eigenvalue weighted by Gasteiger charge is -2.29. The molecule has 0 aromatic heterocycles. The third-order valence-electron chi connectivity index (χ3n) is 6.26. The minimum atomic E-state index is -0.996. The van der Waals surface area contributed by atoms with Crippen molar-refractivity contribution in [3.8, 4) is 17.2 Å². The van der Waals surface area contributed by atoms with E-state index in [1.165, 1.54) is 19.1 Å². The summed E-state index contributed by atoms with van der Waals surface area (Å²) in [6.45, 7) is 1.94. The fourth-order valence-electron chi connectivity index (χ4n) is 4.59. The first-order valence-corrected chi connectivity index (χ1v) is 10.8. The van der Waals surface area contributed by atoms with Gasteiger partial charge in [-0.25, -0.2) is 9.96 Å². The van der Waals surface area contributed by atoms with Gasteiger partial charge in [-0.3, -0.25) is 14.4 Å². The van der Waals surface area contributed by atoms with Gasteiger partial charge in [0.15, 0.2) is 17.6 Å². The summed E-state index contributed by atoms with van der Waals surface area (Å²) in [5, 5.41) is 12.0. The van der Waals surface area contributed by atoms with E-state index in [0.29, 0.717) is 16.9 Å². The highest BCUT2D eigenvalue weighted by atomic mass is 16.7. The number of benzene rings is 3. The number of carbonyl (C=O) groups excluding carboxylic acids is 2. The summed E-state index contributed by atoms with van der Waals surface area (Å²) in [5.74, 6) is -1.34. The molecule has 0 radical (unpaired) electrons. The highest BCUT2D eigenvalue weighted by Gasteiger charge is 2.60. The Morgan fingerprint density at radius 3 is 2.06 bits per heavy atom. The number of amides is 2. The molecular formula is C26H24N2O6. The number of phenols is 1. The van der Waals surface area contributed by atoms with Crippen LogP contribution in [0.1, 0.15) is 17.2 Å². The molecule has 2 aliphatic heterocycles. The number of nitrogens with zero attached hydrogens (tertiary/aromatic N) is 2. The van der Waals surface area contributed by atoms with Gasteiger partial charge in [0.25, 0.3) is 5.91 Å². The van der Waals surface area contributed by atoms with Gasteiger partial charge in [0, 0.05) is 0 Å². The number of ether oxygens (including phenoxy) is 2. The normalized spacial score (nSPS) is 21.7. The van der Waals surface area contributed by atoms with Crippen molar-refractivity contribution in [3.05, 3.63) is 77.9 Å². The smallest absolute Gasteiger partial charge is 0.266 e. The third-order valence-corrected chi connectivity index (χ3v) is 6.26. The van der Waals surface area contributed by atoms with Crippen molar-refractivity contribution < 1.29 is 29.0 Å². The largest absolute Gasteiger partial charge is 0.502 e. The molecule has 174 valence electrons. The van der Waals surface area contributed by atoms with Crippen LogP contribution in [0.25, 0.3) is 0 Å². The van der Waals surface area contributed by atoms with Crippen LogP contribution in [0.4, 0.5) is 11.4 Å². The predicted molar refractivity (Wildman–Crippen MR) is 125 cm³/mol. The number of aromatic hydroxyl groups is 1. The van der Waals surface area contributed by atoms with E-state index in [1.807, 2.05) is 49.4 Å². The van der Waals surface area contributed by atoms with Crippen molar-refractivity contribution in [2.75, 3.05) is 24.2 Å². The fraction of sp³-hybridized carbons (Fsp3) is 0.231. The summed E-state index contributed by atoms with van der Waals surface area (Å²) < 4.78 is 10.7. The quantitative estimate of drug-likeness (QED) is 0.580. The van der Waals surface area contributed by atoms with Crippen molar-refractivity contribution in [2.24, 2.45) is 5.92 Å². The minimum Gasteiger partial charge on any atom is -0.502 e. The number of hydrogen-bond acceptors (Lipinski definition) is 7. The first-order valence-electron chi connectivity index (χ1n) is 10.8. The highest BCUT2D eigenvalue weighted by molar-refractivity contribution is 6.23. The Kier molecular flexibility index (Phi) is 5.37. The Morgan fingerprint density at radius 2 is 1.47 bits per heavy atom. The maximum atomic E-state index is 13.7. The van der Waals surface area contributed by atoms with Crippen molar-refractivity contribution in [1.29, 1.82) is 0 Å². The van der Waals surface area contributed by atoms with E-state index in [2.05, 4.69) is 0 Å². The summed E-state index contributed by atoms with van der Waals surface area (Å²) in [6.07, 6.45) is -0.996. The van der Waals surface area contributed by atoms with Crippen LogP contribution in [0.15, 0.2) is 66.7 Å². The van der Waals surface area contributed by atoms with E-state index in [1.54, 1.807) is 29.3 Å². The molecule has 0 spiro atoms. The topological polar surface area (TPSA) is 88.5 Å². The number of hydroxylamine groups is 1. The van der Waals surface area contributed by atoms with Crippen molar-refractivity contribution in [3.63, 3.8) is 0 Å². The summed E-state index contributed by atoms with van der Waals surface area (Å²) >= 11 is 0. The molecule has 0 aliphatic carbocycles. The molecule has 34 heavy (non-hydrogen) atoms. The summed E-state index contributed by atoms with van der Waals surface area (Å²) in [7, 11) is 2.87. The van der Waals surface area contributed by atoms with Gasteiger partial charge in [-0.2, -0.15) is 0 Å². The maximum Gasteiger partial charge on any atom is 0.266 e. The number of hydrogen-bond donors (Lipinski definition) is 1. The molecule has 2 fully saturated rings. The van der Waals surface area contributed by atoms with Gasteiger partial charge < -0.3 is 14.6 Å². The van der Waals surface area contributed by atoms with E-state index >= 15 is 0 Å². The lowest BCUT2D eigenvalue weighted by Crippen LogP contribution is -2.37. The van der Waals surface area contributed by atoms with Gasteiger partial charge in [0.05, 0.1) is 31.6 Å². The van der Waals surface area contributed by atoms with Crippen LogP contribution in [0.2, 0.25) is 0 Å². The zero-order valence-electron chi connectivity index (χ0n) is 19.0. The number of rotatable bonds is 5. The molecule has 8 heteroatoms. The number of methoxy groups -OCH3 is 2. The van der Waals surface area contributed by atoms with E-state index in [4.69, 9.17) is 14.3 Å². The first kappa shape index (κ1) is 21.8. The van der Waals surface area contributed by atoms with E-state index in [0.717, 1.165) is 5.56 Å². The minimum absolute atomic E-state index is 0.148. The molecule has 8 nitrogen and oxygen atoms in total. The molecule has 2 amide bonds. The Bertz CT molecular complexity index is 1220. The predicted octanol–water partition coefficient (Wildman–Crippen LogP) is 3.77. The van der Waals surface area contributed by atoms with Crippen LogP contribution < -0.4 is 19.4 Å². The molecule has 0 saturated carbocycles. The van der Waals surface area contributed by atoms with Crippen LogP contribution in [0, 0.1) is 12.8 Å². The van der Waals surface area contributed by atoms with E-state index in [-0.39, 0.29) is 23.2 Å². The monoisotopic (exact) mass is 460 g/mol. The molecule has 2 heterocycles. The lowest BCUT2D eigenvalue weighted by molar-refractivity contribution is -0.126. The molecule has 3 aromatic carbocycles. The van der Waals surface area contributed by atoms with Gasteiger partial charge in [0.2, 0.25) is 11.7 Å². The van der Waals surface area contributed by atoms with Crippen LogP contribution >= 0.6 is 0 Å². The summed E-state index contributed by atoms with van der Waals surface area (Å²) in [5.41, 5.74) is 2.82. The average molecular weight is 460 g/mol. The fourth-order valence-corrected chi connectivity index (χ4v) is 4.59. The second-order valence-electron chi connectivity index (χ2n) is 8.28. The highest BCUT2D eigenvalue weighted by Crippen LogP contribution is 2.50. The first-order chi connectivity index (χ1) is 16.4. The molecule has 1 N–H and O–H groups in total. The Balaban J connectivity index is 1.63. The lowest BCUT2D eigenvalue weighted by atomic mass is 9.90. The zero-order chi connectivity index (χ0) is 24.0. The number of para-hydroxylation sites is 1. The van der Waals surface area contributed by atoms with Gasteiger partial charge in [-0.05, 0) is 48.9 Å². The standard InChI is InChI=1S/C26H24N2O6/c1-15-9-11-17(12-10-15)27-25(30)21-22(16-13-19(32-2)23(29)20(14-16)33-3)28(34-24(21)26(27)31)18-7-5-4-6-8-18/h4-14,21-22,24,29H,1-3H3/t21-,22+,24-/m1/s1. The number of aryl methyl sites for hydroxylation is 1. The Hall–Kier alpha value is -4.04. The van der Waals surface area contributed by atoms with Crippen molar-refractivity contribution in [2.45, 2.75) is 19.1 Å². The molecule has 0 unspecified atom stereocenters. The molecule has 2 aliphatic rings. The average Bonchev–Trinajstić information content (AvgIpc) is 3.36. The molecular weight excluding hydrogens is 436 g/mol. The van der Waals surface area contributed by atoms with Crippen LogP contribution in [0.5, 0.6) is 17.2 Å². The second-order valence-corrected chi connectivity index (χ2v) is 8.28. The number of fused-ring (bicyclic) bond motifs is 1. The van der Waals surface area contributed by atoms with Gasteiger partial charge in [0.1, 0.15) is 5.92 Å². The van der Waals surface area contributed by atoms with Crippen LogP contribution in [-0.4, -0.2) is 37.2 Å². The van der Waals surface area contributed by atoms with Crippen LogP contribution in [-0.2, 0) is 14.4 Å². The number of carbonyl (C=O) groups is 2. The number of phenolic OH excluding ortho intramolecular Hbond substituents is 1. The third kappa shape index (κ3) is 3.34. The number of imide groups is 1. The summed E-state index contributed by atoms with van der Waals surface area (Å²) in [4.78, 5) is 34.5. The molecule has 0 bridgehead atoms. The second kappa shape index (κ2) is 8.39. The van der Waals surface area contributed by atoms with Gasteiger partial charge >= 0.3 is 0 Å². The molecule has 3 aromatic rings. The van der Waals surface area contributed by atoms with Crippen LogP contribution in [0.3, 0.4) is 0 Å². The molecule has 3 atom stereocenters. The number of anilines is 2. The van der Waals surface area contributed by atoms with E-state index < -0.39 is 24.0 Å². The summed E-state index contributed by atoms with van der Waals surface area (Å²) in [6, 6.07) is 19.1. The molecule has 5 rings (SSSR count). The van der Waals surface area contributed by atoms with Crippen molar-refractivity contribution >= 4 is 23.2 Å². The molecule has 2 saturated heterocycles. The zero-order valence-corrected chi connectivity index (χ0v) is 19.0. The van der Waals surface area contributed by atoms with Gasteiger partial charge in [-0.1, -0.05) is 35.9 Å². The van der Waals surface area contributed by atoms with Crippen molar-refractivity contribution in [1.82, 2.24) is 0 Å². The SMILES string of the molecule is COc1cc([C@H]2[C@H]3C(=O)N(c4ccc(C)cc4)C(=O)[C@@H]3ON2c2ccccc2)cc(OC)c1O. The Labute approximate surface area is 196 Å². The van der Waals surface area contributed by atoms with Gasteiger partial charge in [-0.15, -0.1) is 0 Å².